The first-order chi connectivity index (χ1) is 9.92. The van der Waals surface area contributed by atoms with E-state index in [0.717, 1.165) is 10.3 Å². The van der Waals surface area contributed by atoms with Crippen LogP contribution >= 0.6 is 0 Å². The van der Waals surface area contributed by atoms with Gasteiger partial charge in [0.15, 0.2) is 0 Å². The summed E-state index contributed by atoms with van der Waals surface area (Å²) in [6, 6.07) is -0.331. The Morgan fingerprint density at radius 3 is 2.71 bits per heavy atom. The van der Waals surface area contributed by atoms with Gasteiger partial charge < -0.3 is 14.9 Å². The Labute approximate surface area is 120 Å². The number of hydrogen-bond donors (Lipinski definition) is 3. The number of nitrogens with zero attached hydrogens (tertiary/aromatic N) is 2. The number of aromatic nitrogens is 4. The Balaban J connectivity index is 2.26. The summed E-state index contributed by atoms with van der Waals surface area (Å²) in [5, 5.41) is 2.73. The van der Waals surface area contributed by atoms with Gasteiger partial charge in [0.1, 0.15) is 11.4 Å². The molecule has 0 fully saturated rings. The summed E-state index contributed by atoms with van der Waals surface area (Å²) in [4.78, 5) is 44.5. The van der Waals surface area contributed by atoms with Gasteiger partial charge in [-0.25, -0.2) is 9.78 Å². The summed E-state index contributed by atoms with van der Waals surface area (Å²) >= 11 is 0. The number of aromatic amines is 2. The van der Waals surface area contributed by atoms with E-state index in [1.165, 1.54) is 13.2 Å². The molecule has 1 atom stereocenters. The molecule has 0 aliphatic carbocycles. The van der Waals surface area contributed by atoms with Crippen LogP contribution in [0.4, 0.5) is 0 Å². The van der Waals surface area contributed by atoms with E-state index in [0.29, 0.717) is 12.2 Å². The number of amides is 1. The number of carbonyl (C=O) groups excluding carboxylic acids is 1. The van der Waals surface area contributed by atoms with Crippen molar-refractivity contribution in [3.63, 3.8) is 0 Å². The first-order valence-corrected chi connectivity index (χ1v) is 6.54. The minimum absolute atomic E-state index is 0.112. The van der Waals surface area contributed by atoms with Crippen molar-refractivity contribution in [2.75, 3.05) is 0 Å². The van der Waals surface area contributed by atoms with Crippen molar-refractivity contribution in [2.45, 2.75) is 26.3 Å². The number of hydrogen-bond acceptors (Lipinski definition) is 4. The molecule has 1 amide bonds. The molecule has 2 aromatic heterocycles. The monoisotopic (exact) mass is 291 g/mol. The molecule has 8 nitrogen and oxygen atoms in total. The SMILES string of the molecule is CC[C@H](NC(=O)c1cn(C)c(=O)[nH]c1=O)c1ncc(C)[nH]1. The lowest BCUT2D eigenvalue weighted by Crippen LogP contribution is -2.37. The third-order valence-corrected chi connectivity index (χ3v) is 3.12. The van der Waals surface area contributed by atoms with Gasteiger partial charge in [0, 0.05) is 25.1 Å². The molecular weight excluding hydrogens is 274 g/mol. The average molecular weight is 291 g/mol. The summed E-state index contributed by atoms with van der Waals surface area (Å²) in [6.07, 6.45) is 3.50. The lowest BCUT2D eigenvalue weighted by atomic mass is 10.2. The predicted molar refractivity (Wildman–Crippen MR) is 76.1 cm³/mol. The first kappa shape index (κ1) is 14.8. The zero-order chi connectivity index (χ0) is 15.6. The van der Waals surface area contributed by atoms with Gasteiger partial charge in [-0.1, -0.05) is 6.92 Å². The minimum atomic E-state index is -0.707. The van der Waals surface area contributed by atoms with E-state index in [1.807, 2.05) is 13.8 Å². The molecule has 8 heteroatoms. The van der Waals surface area contributed by atoms with Crippen LogP contribution in [0.2, 0.25) is 0 Å². The highest BCUT2D eigenvalue weighted by Gasteiger charge is 2.19. The number of carbonyl (C=O) groups is 1. The Morgan fingerprint density at radius 1 is 1.43 bits per heavy atom. The highest BCUT2D eigenvalue weighted by molar-refractivity contribution is 5.93. The van der Waals surface area contributed by atoms with Crippen molar-refractivity contribution in [2.24, 2.45) is 7.05 Å². The number of rotatable bonds is 4. The van der Waals surface area contributed by atoms with E-state index >= 15 is 0 Å². The number of nitrogens with one attached hydrogen (secondary N) is 3. The third kappa shape index (κ3) is 3.10. The second kappa shape index (κ2) is 5.78. The predicted octanol–water partition coefficient (Wildman–Crippen LogP) is -0.0138. The molecule has 0 aliphatic rings. The number of aryl methyl sites for hydroxylation is 2. The van der Waals surface area contributed by atoms with Crippen molar-refractivity contribution in [3.8, 4) is 0 Å². The van der Waals surface area contributed by atoms with Crippen molar-refractivity contribution in [1.29, 1.82) is 0 Å². The molecule has 0 saturated heterocycles. The zero-order valence-corrected chi connectivity index (χ0v) is 12.1. The van der Waals surface area contributed by atoms with E-state index in [2.05, 4.69) is 20.3 Å². The van der Waals surface area contributed by atoms with Gasteiger partial charge in [-0.3, -0.25) is 14.6 Å². The standard InChI is InChI=1S/C13H17N5O3/c1-4-9(10-14-5-7(2)15-10)16-11(19)8-6-18(3)13(21)17-12(8)20/h5-6,9H,4H2,1-3H3,(H,14,15)(H,16,19)(H,17,20,21)/t9-/m0/s1. The molecule has 0 saturated carbocycles. The fourth-order valence-corrected chi connectivity index (χ4v) is 1.94. The molecule has 21 heavy (non-hydrogen) atoms. The van der Waals surface area contributed by atoms with Crippen molar-refractivity contribution < 1.29 is 4.79 Å². The molecule has 0 aliphatic heterocycles. The van der Waals surface area contributed by atoms with Crippen LogP contribution < -0.4 is 16.6 Å². The lowest BCUT2D eigenvalue weighted by molar-refractivity contribution is 0.0931. The Bertz CT molecular complexity index is 771. The summed E-state index contributed by atoms with van der Waals surface area (Å²) in [6.45, 7) is 3.76. The van der Waals surface area contributed by atoms with E-state index < -0.39 is 17.2 Å². The van der Waals surface area contributed by atoms with Crippen molar-refractivity contribution >= 4 is 5.91 Å². The minimum Gasteiger partial charge on any atom is -0.344 e. The zero-order valence-electron chi connectivity index (χ0n) is 12.1. The quantitative estimate of drug-likeness (QED) is 0.735. The summed E-state index contributed by atoms with van der Waals surface area (Å²) in [5.74, 6) is 0.0809. The maximum absolute atomic E-state index is 12.2. The fourth-order valence-electron chi connectivity index (χ4n) is 1.94. The van der Waals surface area contributed by atoms with Gasteiger partial charge >= 0.3 is 5.69 Å². The maximum Gasteiger partial charge on any atom is 0.328 e. The van der Waals surface area contributed by atoms with Gasteiger partial charge in [-0.05, 0) is 13.3 Å². The van der Waals surface area contributed by atoms with E-state index in [1.54, 1.807) is 6.20 Å². The molecule has 2 heterocycles. The Hall–Kier alpha value is -2.64. The topological polar surface area (TPSA) is 113 Å². The van der Waals surface area contributed by atoms with Crippen LogP contribution in [0, 0.1) is 6.92 Å². The largest absolute Gasteiger partial charge is 0.344 e. The smallest absolute Gasteiger partial charge is 0.328 e. The number of imidazole rings is 1. The maximum atomic E-state index is 12.2. The summed E-state index contributed by atoms with van der Waals surface area (Å²) in [7, 11) is 1.46. The molecule has 0 aromatic carbocycles. The molecule has 0 unspecified atom stereocenters. The van der Waals surface area contributed by atoms with Crippen LogP contribution in [-0.2, 0) is 7.05 Å². The lowest BCUT2D eigenvalue weighted by Gasteiger charge is -2.14. The molecule has 2 rings (SSSR count). The second-order valence-corrected chi connectivity index (χ2v) is 4.80. The summed E-state index contributed by atoms with van der Waals surface area (Å²) < 4.78 is 1.15. The summed E-state index contributed by atoms with van der Waals surface area (Å²) in [5.41, 5.74) is -0.497. The normalized spacial score (nSPS) is 12.1. The fraction of sp³-hybridized carbons (Fsp3) is 0.385. The van der Waals surface area contributed by atoms with Gasteiger partial charge in [0.2, 0.25) is 0 Å². The molecule has 0 bridgehead atoms. The molecular formula is C13H17N5O3. The first-order valence-electron chi connectivity index (χ1n) is 6.54. The molecule has 2 aromatic rings. The van der Waals surface area contributed by atoms with Crippen LogP contribution in [0.25, 0.3) is 0 Å². The Kier molecular flexibility index (Phi) is 4.06. The van der Waals surface area contributed by atoms with Gasteiger partial charge in [0.05, 0.1) is 6.04 Å². The van der Waals surface area contributed by atoms with Crippen LogP contribution in [0.5, 0.6) is 0 Å². The van der Waals surface area contributed by atoms with Gasteiger partial charge in [-0.2, -0.15) is 0 Å². The van der Waals surface area contributed by atoms with Gasteiger partial charge in [-0.15, -0.1) is 0 Å². The van der Waals surface area contributed by atoms with Crippen LogP contribution in [0.1, 0.15) is 41.3 Å². The van der Waals surface area contributed by atoms with Crippen molar-refractivity contribution in [1.82, 2.24) is 24.8 Å². The van der Waals surface area contributed by atoms with Crippen LogP contribution in [-0.4, -0.2) is 25.4 Å². The van der Waals surface area contributed by atoms with Crippen molar-refractivity contribution in [3.05, 3.63) is 50.3 Å². The van der Waals surface area contributed by atoms with Crippen LogP contribution in [0.3, 0.4) is 0 Å². The van der Waals surface area contributed by atoms with E-state index in [4.69, 9.17) is 0 Å². The van der Waals surface area contributed by atoms with Gasteiger partial charge in [0.25, 0.3) is 11.5 Å². The second-order valence-electron chi connectivity index (χ2n) is 4.80. The highest BCUT2D eigenvalue weighted by Crippen LogP contribution is 2.13. The highest BCUT2D eigenvalue weighted by atomic mass is 16.2. The van der Waals surface area contributed by atoms with Crippen LogP contribution in [0.15, 0.2) is 22.0 Å². The third-order valence-electron chi connectivity index (χ3n) is 3.12. The molecule has 0 spiro atoms. The molecule has 3 N–H and O–H groups in total. The molecule has 0 radical (unpaired) electrons. The van der Waals surface area contributed by atoms with E-state index in [-0.39, 0.29) is 11.6 Å². The Morgan fingerprint density at radius 2 is 2.14 bits per heavy atom. The van der Waals surface area contributed by atoms with E-state index in [9.17, 15) is 14.4 Å². The number of H-pyrrole nitrogens is 2. The molecule has 112 valence electrons. The average Bonchev–Trinajstić information content (AvgIpc) is 2.86.